The monoisotopic (exact) mass is 293 g/mol. The third-order valence-electron chi connectivity index (χ3n) is 3.71. The highest BCUT2D eigenvalue weighted by atomic mass is 32.2. The van der Waals surface area contributed by atoms with Crippen LogP contribution in [0.1, 0.15) is 17.9 Å². The van der Waals surface area contributed by atoms with E-state index in [1.807, 2.05) is 24.3 Å². The summed E-state index contributed by atoms with van der Waals surface area (Å²) in [5.74, 6) is 0.333. The fraction of sp³-hybridized carbons (Fsp3) is 0.429. The van der Waals surface area contributed by atoms with Crippen molar-refractivity contribution in [3.63, 3.8) is 0 Å². The molecular weight excluding hydrogens is 278 g/mol. The second-order valence-electron chi connectivity index (χ2n) is 4.89. The number of thioether (sulfide) groups is 1. The number of carbonyl (C=O) groups is 2. The van der Waals surface area contributed by atoms with Crippen molar-refractivity contribution in [1.29, 1.82) is 0 Å². The first-order chi connectivity index (χ1) is 9.68. The second kappa shape index (κ2) is 5.36. The number of benzene rings is 1. The largest absolute Gasteiger partial charge is 0.493 e. The van der Waals surface area contributed by atoms with Gasteiger partial charge in [-0.2, -0.15) is 0 Å². The number of aliphatic carboxylic acids is 1. The smallest absolute Gasteiger partial charge is 0.327 e. The predicted molar refractivity (Wildman–Crippen MR) is 74.9 cm³/mol. The lowest BCUT2D eigenvalue weighted by Gasteiger charge is -2.30. The van der Waals surface area contributed by atoms with Crippen molar-refractivity contribution in [3.8, 4) is 5.75 Å². The molecule has 0 spiro atoms. The zero-order chi connectivity index (χ0) is 14.1. The maximum atomic E-state index is 12.7. The van der Waals surface area contributed by atoms with E-state index in [0.717, 1.165) is 11.3 Å². The maximum Gasteiger partial charge on any atom is 0.327 e. The molecule has 0 radical (unpaired) electrons. The SMILES string of the molecule is O=C(O)[C@@H]1CSCN1C(=O)C1CCOc2ccccc21. The van der Waals surface area contributed by atoms with Gasteiger partial charge in [-0.25, -0.2) is 4.79 Å². The fourth-order valence-electron chi connectivity index (χ4n) is 2.66. The first-order valence-corrected chi connectivity index (χ1v) is 7.66. The van der Waals surface area contributed by atoms with Crippen LogP contribution in [-0.2, 0) is 9.59 Å². The van der Waals surface area contributed by atoms with Gasteiger partial charge in [0.2, 0.25) is 5.91 Å². The Morgan fingerprint density at radius 3 is 2.95 bits per heavy atom. The third-order valence-corrected chi connectivity index (χ3v) is 4.72. The van der Waals surface area contributed by atoms with Gasteiger partial charge in [-0.3, -0.25) is 4.79 Å². The minimum atomic E-state index is -0.927. The number of rotatable bonds is 2. The molecule has 1 N–H and O–H groups in total. The molecule has 0 aliphatic carbocycles. The average molecular weight is 293 g/mol. The number of carbonyl (C=O) groups excluding carboxylic acids is 1. The molecule has 2 aliphatic rings. The molecule has 1 aromatic carbocycles. The summed E-state index contributed by atoms with van der Waals surface area (Å²) in [4.78, 5) is 25.4. The summed E-state index contributed by atoms with van der Waals surface area (Å²) in [6, 6.07) is 6.78. The minimum absolute atomic E-state index is 0.0989. The van der Waals surface area contributed by atoms with Gasteiger partial charge in [0.05, 0.1) is 18.4 Å². The number of carboxylic acids is 1. The molecule has 20 heavy (non-hydrogen) atoms. The van der Waals surface area contributed by atoms with E-state index in [-0.39, 0.29) is 11.8 Å². The van der Waals surface area contributed by atoms with Crippen molar-refractivity contribution in [1.82, 2.24) is 4.90 Å². The molecule has 1 unspecified atom stereocenters. The van der Waals surface area contributed by atoms with E-state index in [1.165, 1.54) is 16.7 Å². The van der Waals surface area contributed by atoms with Crippen molar-refractivity contribution < 1.29 is 19.4 Å². The van der Waals surface area contributed by atoms with E-state index < -0.39 is 12.0 Å². The van der Waals surface area contributed by atoms with Crippen LogP contribution in [0.2, 0.25) is 0 Å². The first kappa shape index (κ1) is 13.3. The van der Waals surface area contributed by atoms with Crippen LogP contribution < -0.4 is 4.74 Å². The van der Waals surface area contributed by atoms with Crippen molar-refractivity contribution in [2.75, 3.05) is 18.2 Å². The van der Waals surface area contributed by atoms with Crippen LogP contribution >= 0.6 is 11.8 Å². The van der Waals surface area contributed by atoms with Crippen molar-refractivity contribution in [3.05, 3.63) is 29.8 Å². The summed E-state index contributed by atoms with van der Waals surface area (Å²) < 4.78 is 5.55. The fourth-order valence-corrected chi connectivity index (χ4v) is 3.82. The lowest BCUT2D eigenvalue weighted by atomic mass is 9.91. The van der Waals surface area contributed by atoms with E-state index in [0.29, 0.717) is 24.7 Å². The van der Waals surface area contributed by atoms with Crippen LogP contribution in [0.15, 0.2) is 24.3 Å². The minimum Gasteiger partial charge on any atom is -0.493 e. The van der Waals surface area contributed by atoms with E-state index in [4.69, 9.17) is 4.74 Å². The molecule has 6 heteroatoms. The lowest BCUT2D eigenvalue weighted by molar-refractivity contribution is -0.148. The first-order valence-electron chi connectivity index (χ1n) is 6.51. The third kappa shape index (κ3) is 2.24. The number of carboxylic acid groups (broad SMARTS) is 1. The number of ether oxygens (including phenoxy) is 1. The molecule has 2 heterocycles. The van der Waals surface area contributed by atoms with E-state index in [1.54, 1.807) is 0 Å². The van der Waals surface area contributed by atoms with Gasteiger partial charge >= 0.3 is 5.97 Å². The molecule has 5 nitrogen and oxygen atoms in total. The standard InChI is InChI=1S/C14H15NO4S/c16-13(15-8-20-7-11(15)14(17)18)10-5-6-19-12-4-2-1-3-9(10)12/h1-4,10-11H,5-8H2,(H,17,18)/t10?,11-/m0/s1. The Kier molecular flexibility index (Phi) is 3.56. The van der Waals surface area contributed by atoms with Gasteiger partial charge < -0.3 is 14.7 Å². The Morgan fingerprint density at radius 2 is 2.15 bits per heavy atom. The van der Waals surface area contributed by atoms with Crippen LogP contribution in [0.4, 0.5) is 0 Å². The molecular formula is C14H15NO4S. The van der Waals surface area contributed by atoms with E-state index in [2.05, 4.69) is 0 Å². The summed E-state index contributed by atoms with van der Waals surface area (Å²) >= 11 is 1.49. The highest BCUT2D eigenvalue weighted by Gasteiger charge is 2.39. The van der Waals surface area contributed by atoms with Crippen LogP contribution in [-0.4, -0.2) is 46.2 Å². The topological polar surface area (TPSA) is 66.8 Å². The number of para-hydroxylation sites is 1. The van der Waals surface area contributed by atoms with Crippen LogP contribution in [0.25, 0.3) is 0 Å². The Labute approximate surface area is 120 Å². The van der Waals surface area contributed by atoms with Gasteiger partial charge in [-0.1, -0.05) is 18.2 Å². The number of nitrogens with zero attached hydrogens (tertiary/aromatic N) is 1. The summed E-state index contributed by atoms with van der Waals surface area (Å²) in [6.45, 7) is 0.492. The number of hydrogen-bond donors (Lipinski definition) is 1. The van der Waals surface area contributed by atoms with Crippen LogP contribution in [0, 0.1) is 0 Å². The Morgan fingerprint density at radius 1 is 1.35 bits per heavy atom. The number of hydrogen-bond acceptors (Lipinski definition) is 4. The molecule has 2 atom stereocenters. The van der Waals surface area contributed by atoms with Crippen LogP contribution in [0.3, 0.4) is 0 Å². The Hall–Kier alpha value is -1.69. The Bertz CT molecular complexity index is 548. The summed E-state index contributed by atoms with van der Waals surface area (Å²) in [5.41, 5.74) is 0.866. The van der Waals surface area contributed by atoms with Gasteiger partial charge in [-0.15, -0.1) is 11.8 Å². The van der Waals surface area contributed by atoms with Crippen molar-refractivity contribution in [2.24, 2.45) is 0 Å². The van der Waals surface area contributed by atoms with Gasteiger partial charge in [0.25, 0.3) is 0 Å². The van der Waals surface area contributed by atoms with E-state index in [9.17, 15) is 14.7 Å². The zero-order valence-electron chi connectivity index (χ0n) is 10.8. The highest BCUT2D eigenvalue weighted by molar-refractivity contribution is 7.99. The van der Waals surface area contributed by atoms with Gasteiger partial charge in [0.15, 0.2) is 0 Å². The number of fused-ring (bicyclic) bond motifs is 1. The average Bonchev–Trinajstić information content (AvgIpc) is 2.95. The molecule has 3 rings (SSSR count). The zero-order valence-corrected chi connectivity index (χ0v) is 11.6. The molecule has 2 aliphatic heterocycles. The van der Waals surface area contributed by atoms with Crippen LogP contribution in [0.5, 0.6) is 5.75 Å². The molecule has 106 valence electrons. The Balaban J connectivity index is 1.87. The van der Waals surface area contributed by atoms with Crippen molar-refractivity contribution in [2.45, 2.75) is 18.4 Å². The summed E-state index contributed by atoms with van der Waals surface area (Å²) in [7, 11) is 0. The molecule has 0 aromatic heterocycles. The second-order valence-corrected chi connectivity index (χ2v) is 5.89. The molecule has 0 saturated carbocycles. The molecule has 1 saturated heterocycles. The summed E-state index contributed by atoms with van der Waals surface area (Å²) in [5, 5.41) is 9.19. The lowest BCUT2D eigenvalue weighted by Crippen LogP contribution is -2.44. The number of amides is 1. The van der Waals surface area contributed by atoms with Gasteiger partial charge in [-0.05, 0) is 12.5 Å². The van der Waals surface area contributed by atoms with Crippen molar-refractivity contribution >= 4 is 23.6 Å². The molecule has 1 aromatic rings. The molecule has 1 amide bonds. The maximum absolute atomic E-state index is 12.7. The quantitative estimate of drug-likeness (QED) is 0.896. The van der Waals surface area contributed by atoms with Gasteiger partial charge in [0, 0.05) is 11.3 Å². The molecule has 0 bridgehead atoms. The van der Waals surface area contributed by atoms with Gasteiger partial charge in [0.1, 0.15) is 11.8 Å². The molecule has 1 fully saturated rings. The van der Waals surface area contributed by atoms with E-state index >= 15 is 0 Å². The summed E-state index contributed by atoms with van der Waals surface area (Å²) in [6.07, 6.45) is 0.601. The highest BCUT2D eigenvalue weighted by Crippen LogP contribution is 2.36. The normalized spacial score (nSPS) is 24.9. The predicted octanol–water partition coefficient (Wildman–Crippen LogP) is 1.54.